The van der Waals surface area contributed by atoms with Gasteiger partial charge in [0, 0.05) is 31.7 Å². The minimum absolute atomic E-state index is 0.519. The van der Waals surface area contributed by atoms with Gasteiger partial charge in [-0.05, 0) is 29.6 Å². The largest absolute Gasteiger partial charge is 0.311 e. The van der Waals surface area contributed by atoms with E-state index in [0.29, 0.717) is 22.9 Å². The van der Waals surface area contributed by atoms with Gasteiger partial charge in [-0.25, -0.2) is 0 Å². The number of nitrogens with one attached hydrogen (secondary N) is 1. The fourth-order valence-electron chi connectivity index (χ4n) is 3.67. The standard InChI is InChI=1S/C16H32N2/c1-11(2)13-9-18(12(3)8-17-13)10-14-15(4,5)16(14,6)7/h11-14,17H,8-10H2,1-7H3. The zero-order chi connectivity index (χ0) is 13.7. The molecule has 2 heteroatoms. The van der Waals surface area contributed by atoms with Crippen LogP contribution in [0.5, 0.6) is 0 Å². The molecule has 1 aliphatic carbocycles. The fourth-order valence-corrected chi connectivity index (χ4v) is 3.67. The van der Waals surface area contributed by atoms with Crippen LogP contribution in [0, 0.1) is 22.7 Å². The van der Waals surface area contributed by atoms with Gasteiger partial charge in [-0.2, -0.15) is 0 Å². The van der Waals surface area contributed by atoms with E-state index in [4.69, 9.17) is 0 Å². The summed E-state index contributed by atoms with van der Waals surface area (Å²) in [5.41, 5.74) is 1.04. The average molecular weight is 252 g/mol. The molecule has 0 aromatic carbocycles. The molecule has 2 atom stereocenters. The van der Waals surface area contributed by atoms with E-state index in [1.54, 1.807) is 0 Å². The Labute approximate surface area is 114 Å². The first-order chi connectivity index (χ1) is 8.18. The fraction of sp³-hybridized carbons (Fsp3) is 1.00. The summed E-state index contributed by atoms with van der Waals surface area (Å²) in [5.74, 6) is 1.60. The van der Waals surface area contributed by atoms with Crippen molar-refractivity contribution in [3.05, 3.63) is 0 Å². The molecule has 1 N–H and O–H groups in total. The van der Waals surface area contributed by atoms with Gasteiger partial charge in [0.1, 0.15) is 0 Å². The van der Waals surface area contributed by atoms with Crippen LogP contribution in [0.4, 0.5) is 0 Å². The van der Waals surface area contributed by atoms with Gasteiger partial charge in [0.2, 0.25) is 0 Å². The Hall–Kier alpha value is -0.0800. The highest BCUT2D eigenvalue weighted by atomic mass is 15.2. The van der Waals surface area contributed by atoms with Gasteiger partial charge < -0.3 is 5.32 Å². The lowest BCUT2D eigenvalue weighted by atomic mass is 9.99. The van der Waals surface area contributed by atoms with Crippen LogP contribution in [0.3, 0.4) is 0 Å². The van der Waals surface area contributed by atoms with Crippen molar-refractivity contribution in [2.24, 2.45) is 22.7 Å². The van der Waals surface area contributed by atoms with Crippen LogP contribution < -0.4 is 5.32 Å². The Kier molecular flexibility index (Phi) is 3.57. The SMILES string of the molecule is CC(C)C1CN(CC2C(C)(C)C2(C)C)C(C)CN1. The van der Waals surface area contributed by atoms with Crippen molar-refractivity contribution >= 4 is 0 Å². The van der Waals surface area contributed by atoms with Gasteiger partial charge in [-0.1, -0.05) is 41.5 Å². The predicted octanol–water partition coefficient (Wildman–Crippen LogP) is 2.99. The molecule has 1 heterocycles. The topological polar surface area (TPSA) is 15.3 Å². The van der Waals surface area contributed by atoms with E-state index in [1.807, 2.05) is 0 Å². The maximum atomic E-state index is 3.69. The number of hydrogen-bond acceptors (Lipinski definition) is 2. The Morgan fingerprint density at radius 3 is 2.17 bits per heavy atom. The van der Waals surface area contributed by atoms with E-state index in [0.717, 1.165) is 18.4 Å². The zero-order valence-corrected chi connectivity index (χ0v) is 13.4. The molecule has 1 saturated heterocycles. The zero-order valence-electron chi connectivity index (χ0n) is 13.4. The first kappa shape index (κ1) is 14.3. The minimum Gasteiger partial charge on any atom is -0.311 e. The summed E-state index contributed by atoms with van der Waals surface area (Å²) in [6.07, 6.45) is 0. The van der Waals surface area contributed by atoms with Crippen LogP contribution >= 0.6 is 0 Å². The van der Waals surface area contributed by atoms with Crippen molar-refractivity contribution in [1.29, 1.82) is 0 Å². The van der Waals surface area contributed by atoms with Gasteiger partial charge in [0.25, 0.3) is 0 Å². The van der Waals surface area contributed by atoms with Gasteiger partial charge in [-0.3, -0.25) is 4.90 Å². The maximum absolute atomic E-state index is 3.69. The first-order valence-electron chi connectivity index (χ1n) is 7.65. The predicted molar refractivity (Wildman–Crippen MR) is 78.7 cm³/mol. The van der Waals surface area contributed by atoms with Gasteiger partial charge in [-0.15, -0.1) is 0 Å². The van der Waals surface area contributed by atoms with Crippen LogP contribution in [0.1, 0.15) is 48.5 Å². The molecule has 0 aromatic heterocycles. The molecule has 0 aromatic rings. The summed E-state index contributed by atoms with van der Waals surface area (Å²) < 4.78 is 0. The Morgan fingerprint density at radius 2 is 1.72 bits per heavy atom. The molecule has 2 unspecified atom stereocenters. The van der Waals surface area contributed by atoms with Gasteiger partial charge in [0.15, 0.2) is 0 Å². The molecule has 0 amide bonds. The van der Waals surface area contributed by atoms with E-state index in [9.17, 15) is 0 Å². The molecule has 2 aliphatic rings. The van der Waals surface area contributed by atoms with Crippen LogP contribution in [-0.4, -0.2) is 36.6 Å². The highest BCUT2D eigenvalue weighted by Crippen LogP contribution is 2.68. The van der Waals surface area contributed by atoms with Crippen molar-refractivity contribution in [2.45, 2.75) is 60.5 Å². The van der Waals surface area contributed by atoms with Crippen molar-refractivity contribution in [3.8, 4) is 0 Å². The highest BCUT2D eigenvalue weighted by molar-refractivity contribution is 5.13. The summed E-state index contributed by atoms with van der Waals surface area (Å²) in [6.45, 7) is 20.4. The molecule has 2 rings (SSSR count). The van der Waals surface area contributed by atoms with E-state index in [2.05, 4.69) is 58.7 Å². The monoisotopic (exact) mass is 252 g/mol. The number of nitrogens with zero attached hydrogens (tertiary/aromatic N) is 1. The third-order valence-electron chi connectivity index (χ3n) is 6.27. The smallest absolute Gasteiger partial charge is 0.0218 e. The second-order valence-electron chi connectivity index (χ2n) is 8.06. The van der Waals surface area contributed by atoms with Crippen LogP contribution in [0.2, 0.25) is 0 Å². The number of rotatable bonds is 3. The van der Waals surface area contributed by atoms with Crippen LogP contribution in [0.25, 0.3) is 0 Å². The molecular weight excluding hydrogens is 220 g/mol. The van der Waals surface area contributed by atoms with E-state index in [-0.39, 0.29) is 0 Å². The van der Waals surface area contributed by atoms with Gasteiger partial charge >= 0.3 is 0 Å². The Balaban J connectivity index is 1.96. The highest BCUT2D eigenvalue weighted by Gasteiger charge is 2.64. The molecule has 0 spiro atoms. The average Bonchev–Trinajstić information content (AvgIpc) is 2.63. The molecule has 1 saturated carbocycles. The lowest BCUT2D eigenvalue weighted by Crippen LogP contribution is -2.57. The van der Waals surface area contributed by atoms with E-state index >= 15 is 0 Å². The molecule has 2 nitrogen and oxygen atoms in total. The lowest BCUT2D eigenvalue weighted by molar-refractivity contribution is 0.111. The van der Waals surface area contributed by atoms with E-state index in [1.165, 1.54) is 13.1 Å². The quantitative estimate of drug-likeness (QED) is 0.831. The lowest BCUT2D eigenvalue weighted by Gasteiger charge is -2.41. The summed E-state index contributed by atoms with van der Waals surface area (Å²) in [4.78, 5) is 2.72. The second kappa shape index (κ2) is 4.49. The summed E-state index contributed by atoms with van der Waals surface area (Å²) in [6, 6.07) is 1.36. The molecule has 18 heavy (non-hydrogen) atoms. The summed E-state index contributed by atoms with van der Waals surface area (Å²) in [7, 11) is 0. The Morgan fingerprint density at radius 1 is 1.17 bits per heavy atom. The number of hydrogen-bond donors (Lipinski definition) is 1. The summed E-state index contributed by atoms with van der Waals surface area (Å²) >= 11 is 0. The molecule has 1 aliphatic heterocycles. The maximum Gasteiger partial charge on any atom is 0.0218 e. The van der Waals surface area contributed by atoms with Crippen LogP contribution in [0.15, 0.2) is 0 Å². The third kappa shape index (κ3) is 2.22. The van der Waals surface area contributed by atoms with Crippen molar-refractivity contribution in [3.63, 3.8) is 0 Å². The molecular formula is C16H32N2. The normalized spacial score (nSPS) is 36.0. The van der Waals surface area contributed by atoms with Crippen molar-refractivity contribution < 1.29 is 0 Å². The third-order valence-corrected chi connectivity index (χ3v) is 6.27. The van der Waals surface area contributed by atoms with Gasteiger partial charge in [0.05, 0.1) is 0 Å². The van der Waals surface area contributed by atoms with Crippen LogP contribution in [-0.2, 0) is 0 Å². The Bertz CT molecular complexity index is 292. The minimum atomic E-state index is 0.519. The molecule has 0 bridgehead atoms. The molecule has 2 fully saturated rings. The number of piperazine rings is 1. The van der Waals surface area contributed by atoms with Crippen molar-refractivity contribution in [2.75, 3.05) is 19.6 Å². The summed E-state index contributed by atoms with van der Waals surface area (Å²) in [5, 5.41) is 3.69. The molecule has 106 valence electrons. The van der Waals surface area contributed by atoms with E-state index < -0.39 is 0 Å². The first-order valence-corrected chi connectivity index (χ1v) is 7.65. The molecule has 0 radical (unpaired) electrons. The van der Waals surface area contributed by atoms with Crippen molar-refractivity contribution in [1.82, 2.24) is 10.2 Å². The second-order valence-corrected chi connectivity index (χ2v) is 8.06.